The smallest absolute Gasteiger partial charge is 0.305 e. The van der Waals surface area contributed by atoms with Crippen LogP contribution in [0.3, 0.4) is 0 Å². The van der Waals surface area contributed by atoms with Crippen molar-refractivity contribution in [2.75, 3.05) is 18.1 Å². The van der Waals surface area contributed by atoms with Gasteiger partial charge in [-0.25, -0.2) is 0 Å². The van der Waals surface area contributed by atoms with Gasteiger partial charge < -0.3 is 10.5 Å². The van der Waals surface area contributed by atoms with Crippen LogP contribution in [-0.4, -0.2) is 18.3 Å². The number of ether oxygens (including phenoxy) is 1. The molecule has 0 unspecified atom stereocenters. The Bertz CT molecular complexity index is 412. The van der Waals surface area contributed by atoms with Crippen LogP contribution in [0.2, 0.25) is 5.02 Å². The van der Waals surface area contributed by atoms with Crippen molar-refractivity contribution in [1.82, 2.24) is 0 Å². The summed E-state index contributed by atoms with van der Waals surface area (Å²) < 4.78 is 4.87. The summed E-state index contributed by atoms with van der Waals surface area (Å²) in [6.45, 7) is 2.29. The van der Waals surface area contributed by atoms with E-state index in [9.17, 15) is 4.79 Å². The van der Waals surface area contributed by atoms with Crippen LogP contribution >= 0.6 is 23.4 Å². The largest absolute Gasteiger partial charge is 0.466 e. The van der Waals surface area contributed by atoms with E-state index in [1.165, 1.54) is 0 Å². The Morgan fingerprint density at radius 2 is 2.16 bits per heavy atom. The number of halogens is 1. The van der Waals surface area contributed by atoms with E-state index >= 15 is 0 Å². The van der Waals surface area contributed by atoms with Crippen LogP contribution in [0.1, 0.15) is 32.6 Å². The fourth-order valence-corrected chi connectivity index (χ4v) is 2.88. The Morgan fingerprint density at radius 3 is 2.84 bits per heavy atom. The third-order valence-corrected chi connectivity index (χ3v) is 4.13. The molecule has 0 atom stereocenters. The van der Waals surface area contributed by atoms with Gasteiger partial charge in [-0.15, -0.1) is 11.8 Å². The minimum absolute atomic E-state index is 0.100. The van der Waals surface area contributed by atoms with E-state index in [0.29, 0.717) is 23.7 Å². The molecule has 0 aliphatic carbocycles. The molecule has 106 valence electrons. The third kappa shape index (κ3) is 6.73. The van der Waals surface area contributed by atoms with Crippen molar-refractivity contribution in [2.45, 2.75) is 37.5 Å². The predicted octanol–water partition coefficient (Wildman–Crippen LogP) is 4.14. The molecule has 1 aromatic carbocycles. The molecule has 0 heterocycles. The molecule has 0 spiro atoms. The number of nitrogen functional groups attached to an aromatic ring is 1. The molecule has 19 heavy (non-hydrogen) atoms. The van der Waals surface area contributed by atoms with Gasteiger partial charge in [0.15, 0.2) is 0 Å². The van der Waals surface area contributed by atoms with E-state index in [-0.39, 0.29) is 5.97 Å². The first kappa shape index (κ1) is 16.2. The highest BCUT2D eigenvalue weighted by Crippen LogP contribution is 2.29. The van der Waals surface area contributed by atoms with Crippen molar-refractivity contribution in [2.24, 2.45) is 0 Å². The van der Waals surface area contributed by atoms with Crippen molar-refractivity contribution in [3.63, 3.8) is 0 Å². The lowest BCUT2D eigenvalue weighted by Gasteiger charge is -2.05. The summed E-state index contributed by atoms with van der Waals surface area (Å²) in [5, 5.41) is 0.705. The predicted molar refractivity (Wildman–Crippen MR) is 81.7 cm³/mol. The fraction of sp³-hybridized carbons (Fsp3) is 0.500. The summed E-state index contributed by atoms with van der Waals surface area (Å²) in [4.78, 5) is 12.2. The molecular formula is C14H20ClNO2S. The lowest BCUT2D eigenvalue weighted by Crippen LogP contribution is -2.03. The number of anilines is 1. The molecule has 3 nitrogen and oxygen atoms in total. The van der Waals surface area contributed by atoms with Crippen molar-refractivity contribution in [3.8, 4) is 0 Å². The second-order valence-electron chi connectivity index (χ2n) is 4.15. The maximum atomic E-state index is 11.1. The van der Waals surface area contributed by atoms with Crippen molar-refractivity contribution < 1.29 is 9.53 Å². The topological polar surface area (TPSA) is 52.3 Å². The highest BCUT2D eigenvalue weighted by atomic mass is 35.5. The van der Waals surface area contributed by atoms with Crippen LogP contribution in [0.15, 0.2) is 23.1 Å². The van der Waals surface area contributed by atoms with Gasteiger partial charge in [-0.05, 0) is 43.7 Å². The Morgan fingerprint density at radius 1 is 1.37 bits per heavy atom. The SMILES string of the molecule is CCOC(=O)CCCCCSc1ccc(N)cc1Cl. The van der Waals surface area contributed by atoms with Crippen LogP contribution in [-0.2, 0) is 9.53 Å². The molecule has 0 radical (unpaired) electrons. The number of rotatable bonds is 8. The van der Waals surface area contributed by atoms with E-state index < -0.39 is 0 Å². The van der Waals surface area contributed by atoms with Crippen LogP contribution in [0, 0.1) is 0 Å². The molecule has 0 fully saturated rings. The number of carbonyl (C=O) groups excluding carboxylic acids is 1. The zero-order valence-corrected chi connectivity index (χ0v) is 12.7. The second kappa shape index (κ2) is 9.10. The maximum Gasteiger partial charge on any atom is 0.305 e. The molecular weight excluding hydrogens is 282 g/mol. The highest BCUT2D eigenvalue weighted by Gasteiger charge is 2.03. The van der Waals surface area contributed by atoms with Gasteiger partial charge in [0, 0.05) is 17.0 Å². The minimum atomic E-state index is -0.100. The van der Waals surface area contributed by atoms with Gasteiger partial charge in [-0.3, -0.25) is 4.79 Å². The minimum Gasteiger partial charge on any atom is -0.466 e. The molecule has 0 aliphatic rings. The van der Waals surface area contributed by atoms with Gasteiger partial charge in [0.25, 0.3) is 0 Å². The summed E-state index contributed by atoms with van der Waals surface area (Å²) in [5.74, 6) is 0.892. The second-order valence-corrected chi connectivity index (χ2v) is 5.70. The number of hydrogen-bond donors (Lipinski definition) is 1. The molecule has 0 aliphatic heterocycles. The molecule has 0 aromatic heterocycles. The first-order chi connectivity index (χ1) is 9.13. The summed E-state index contributed by atoms with van der Waals surface area (Å²) >= 11 is 7.81. The Hall–Kier alpha value is -0.870. The molecule has 0 amide bonds. The molecule has 1 rings (SSSR count). The first-order valence-corrected chi connectivity index (χ1v) is 7.83. The third-order valence-electron chi connectivity index (χ3n) is 2.54. The number of thioether (sulfide) groups is 1. The normalized spacial score (nSPS) is 10.4. The number of unbranched alkanes of at least 4 members (excludes halogenated alkanes) is 2. The Balaban J connectivity index is 2.12. The van der Waals surface area contributed by atoms with E-state index in [2.05, 4.69) is 0 Å². The lowest BCUT2D eigenvalue weighted by atomic mass is 10.2. The van der Waals surface area contributed by atoms with Crippen LogP contribution in [0.25, 0.3) is 0 Å². The van der Waals surface area contributed by atoms with Crippen LogP contribution in [0.5, 0.6) is 0 Å². The van der Waals surface area contributed by atoms with Gasteiger partial charge in [0.05, 0.1) is 11.6 Å². The van der Waals surface area contributed by atoms with Crippen LogP contribution in [0.4, 0.5) is 5.69 Å². The number of esters is 1. The van der Waals surface area contributed by atoms with Crippen molar-refractivity contribution >= 4 is 35.0 Å². The van der Waals surface area contributed by atoms with Gasteiger partial charge in [-0.2, -0.15) is 0 Å². The molecule has 0 bridgehead atoms. The average molecular weight is 302 g/mol. The van der Waals surface area contributed by atoms with E-state index in [4.69, 9.17) is 22.1 Å². The van der Waals surface area contributed by atoms with Gasteiger partial charge in [-0.1, -0.05) is 18.0 Å². The summed E-state index contributed by atoms with van der Waals surface area (Å²) in [7, 11) is 0. The average Bonchev–Trinajstić information content (AvgIpc) is 2.36. The lowest BCUT2D eigenvalue weighted by molar-refractivity contribution is -0.143. The maximum absolute atomic E-state index is 11.1. The summed E-state index contributed by atoms with van der Waals surface area (Å²) in [6.07, 6.45) is 3.49. The van der Waals surface area contributed by atoms with Crippen molar-refractivity contribution in [1.29, 1.82) is 0 Å². The zero-order valence-electron chi connectivity index (χ0n) is 11.2. The highest BCUT2D eigenvalue weighted by molar-refractivity contribution is 7.99. The molecule has 0 saturated carbocycles. The molecule has 0 saturated heterocycles. The summed E-state index contributed by atoms with van der Waals surface area (Å²) in [5.41, 5.74) is 6.32. The molecule has 2 N–H and O–H groups in total. The first-order valence-electron chi connectivity index (χ1n) is 6.47. The standard InChI is InChI=1S/C14H20ClNO2S/c1-2-18-14(17)6-4-3-5-9-19-13-8-7-11(16)10-12(13)15/h7-8,10H,2-6,9,16H2,1H3. The van der Waals surface area contributed by atoms with Crippen LogP contribution < -0.4 is 5.73 Å². The van der Waals surface area contributed by atoms with Gasteiger partial charge in [0.1, 0.15) is 0 Å². The number of benzene rings is 1. The van der Waals surface area contributed by atoms with E-state index in [0.717, 1.165) is 29.9 Å². The molecule has 1 aromatic rings. The van der Waals surface area contributed by atoms with E-state index in [1.807, 2.05) is 19.1 Å². The number of carbonyl (C=O) groups is 1. The quantitative estimate of drug-likeness (QED) is 0.339. The zero-order chi connectivity index (χ0) is 14.1. The van der Waals surface area contributed by atoms with Crippen molar-refractivity contribution in [3.05, 3.63) is 23.2 Å². The number of hydrogen-bond acceptors (Lipinski definition) is 4. The van der Waals surface area contributed by atoms with Gasteiger partial charge in [0.2, 0.25) is 0 Å². The fourth-order valence-electron chi connectivity index (χ4n) is 1.60. The van der Waals surface area contributed by atoms with E-state index in [1.54, 1.807) is 17.8 Å². The Labute approximate surface area is 123 Å². The molecule has 5 heteroatoms. The number of nitrogens with two attached hydrogens (primary N) is 1. The summed E-state index contributed by atoms with van der Waals surface area (Å²) in [6, 6.07) is 5.57. The van der Waals surface area contributed by atoms with Gasteiger partial charge >= 0.3 is 5.97 Å². The Kier molecular flexibility index (Phi) is 7.75. The monoisotopic (exact) mass is 301 g/mol.